The first-order valence-electron chi connectivity index (χ1n) is 26.3. The molecule has 16 nitrogen and oxygen atoms in total. The SMILES string of the molecule is Cn1cccc1C(=O)Cc1cc(C(=O)Cc2cc(C(=O)Cc3cc(C(=O)NCCOc4ccnc5c4ccc4cccnc45)n(C)c3)n(C)c2)n(C)c1.[Ru].c1cnc2c(c1)ccc1cccnc12.c1cnc2c(c1)ccc1cccnc12. The molecule has 0 saturated carbocycles. The predicted octanol–water partition coefficient (Wildman–Crippen LogP) is 10.8. The Balaban J connectivity index is 0.000000207. The normalized spacial score (nSPS) is 11.0. The van der Waals surface area contributed by atoms with Crippen molar-refractivity contribution in [1.82, 2.24) is 53.5 Å². The molecule has 1 amide bonds. The number of hydrogen-bond acceptors (Lipinski definition) is 11. The van der Waals surface area contributed by atoms with Crippen molar-refractivity contribution in [2.24, 2.45) is 28.2 Å². The number of ketones is 3. The van der Waals surface area contributed by atoms with Gasteiger partial charge in [0, 0.05) is 161 Å². The Morgan fingerprint density at radius 1 is 0.415 bits per heavy atom. The summed E-state index contributed by atoms with van der Waals surface area (Å²) in [5.74, 6) is 0.111. The van der Waals surface area contributed by atoms with Gasteiger partial charge in [-0.3, -0.25) is 49.1 Å². The van der Waals surface area contributed by atoms with E-state index < -0.39 is 0 Å². The third-order valence-corrected chi connectivity index (χ3v) is 14.1. The molecule has 13 aromatic rings. The summed E-state index contributed by atoms with van der Waals surface area (Å²) in [6.07, 6.45) is 18.2. The third kappa shape index (κ3) is 12.0. The number of amides is 1. The van der Waals surface area contributed by atoms with Crippen molar-refractivity contribution in [3.63, 3.8) is 0 Å². The van der Waals surface area contributed by atoms with Gasteiger partial charge in [-0.2, -0.15) is 0 Å². The van der Waals surface area contributed by atoms with E-state index in [1.807, 2.05) is 67.8 Å². The molecule has 0 unspecified atom stereocenters. The fourth-order valence-electron chi connectivity index (χ4n) is 10.2. The first-order chi connectivity index (χ1) is 39.4. The zero-order valence-electron chi connectivity index (χ0n) is 45.4. The first kappa shape index (κ1) is 55.5. The summed E-state index contributed by atoms with van der Waals surface area (Å²) in [6.45, 7) is 0.521. The van der Waals surface area contributed by atoms with Gasteiger partial charge in [-0.1, -0.05) is 60.7 Å². The van der Waals surface area contributed by atoms with E-state index in [1.165, 1.54) is 0 Å². The Bertz CT molecular complexity index is 4300. The number of hydrogen-bond donors (Lipinski definition) is 1. The van der Waals surface area contributed by atoms with Crippen molar-refractivity contribution < 1.29 is 43.4 Å². The Morgan fingerprint density at radius 3 is 1.22 bits per heavy atom. The molecule has 0 saturated heterocycles. The van der Waals surface area contributed by atoms with E-state index >= 15 is 0 Å². The fourth-order valence-corrected chi connectivity index (χ4v) is 10.2. The molecule has 82 heavy (non-hydrogen) atoms. The number of carbonyl (C=O) groups is 4. The quantitative estimate of drug-likeness (QED) is 0.0472. The number of aryl methyl sites for hydroxylation is 4. The van der Waals surface area contributed by atoms with Gasteiger partial charge in [0.25, 0.3) is 5.91 Å². The van der Waals surface area contributed by atoms with Crippen LogP contribution in [0.5, 0.6) is 5.75 Å². The maximum atomic E-state index is 13.4. The van der Waals surface area contributed by atoms with Gasteiger partial charge in [0.15, 0.2) is 17.3 Å². The smallest absolute Gasteiger partial charge is 0.268 e. The molecule has 10 aromatic heterocycles. The summed E-state index contributed by atoms with van der Waals surface area (Å²) in [7, 11) is 7.15. The zero-order chi connectivity index (χ0) is 56.0. The number of rotatable bonds is 14. The minimum atomic E-state index is -0.280. The molecule has 13 rings (SSSR count). The van der Waals surface area contributed by atoms with E-state index in [2.05, 4.69) is 83.8 Å². The summed E-state index contributed by atoms with van der Waals surface area (Å²) in [6, 6.07) is 42.7. The van der Waals surface area contributed by atoms with Crippen LogP contribution < -0.4 is 10.1 Å². The minimum Gasteiger partial charge on any atom is -0.491 e. The van der Waals surface area contributed by atoms with Gasteiger partial charge in [0.2, 0.25) is 0 Å². The zero-order valence-corrected chi connectivity index (χ0v) is 47.1. The van der Waals surface area contributed by atoms with Crippen molar-refractivity contribution >= 4 is 88.7 Å². The summed E-state index contributed by atoms with van der Waals surface area (Å²) >= 11 is 0. The van der Waals surface area contributed by atoms with Crippen LogP contribution in [0.4, 0.5) is 0 Å². The van der Waals surface area contributed by atoms with Crippen LogP contribution >= 0.6 is 0 Å². The first-order valence-corrected chi connectivity index (χ1v) is 26.3. The van der Waals surface area contributed by atoms with Gasteiger partial charge < -0.3 is 28.3 Å². The van der Waals surface area contributed by atoms with Crippen molar-refractivity contribution in [2.45, 2.75) is 19.3 Å². The van der Waals surface area contributed by atoms with Crippen LogP contribution in [-0.4, -0.2) is 84.6 Å². The summed E-state index contributed by atoms with van der Waals surface area (Å²) < 4.78 is 13.0. The molecular weight excluding hydrogens is 1120 g/mol. The van der Waals surface area contributed by atoms with E-state index in [0.29, 0.717) is 39.7 Å². The van der Waals surface area contributed by atoms with Crippen LogP contribution in [0.25, 0.3) is 65.4 Å². The summed E-state index contributed by atoms with van der Waals surface area (Å²) in [5.41, 5.74) is 9.64. The second kappa shape index (κ2) is 24.7. The molecule has 3 aromatic carbocycles. The number of pyridine rings is 6. The van der Waals surface area contributed by atoms with E-state index in [1.54, 1.807) is 126 Å². The van der Waals surface area contributed by atoms with Gasteiger partial charge in [0.05, 0.1) is 51.2 Å². The predicted molar refractivity (Wildman–Crippen MR) is 315 cm³/mol. The topological polar surface area (TPSA) is 187 Å². The standard InChI is InChI=1S/C41H39N7O5.2C12H8N2.Ru/c1-45-15-6-8-31(45)35(49)20-26-17-32(46(2)23-26)36(50)21-27-18-33(47(3)24-27)37(51)22-28-19-34(48(4)25-28)41(52)44-14-16-53-38-11-13-43-40-30(38)10-9-29-7-5-12-42-39(29)40;2*1-3-9-5-6-10-4-2-8-14-12(10)11(9)13-7-1;/h5-13,15,17-19,23-25H,14,16,20-22H2,1-4H3,(H,44,52);2*1-8H;. The molecule has 0 bridgehead atoms. The van der Waals surface area contributed by atoms with Crippen molar-refractivity contribution in [2.75, 3.05) is 13.2 Å². The van der Waals surface area contributed by atoms with Crippen LogP contribution in [0.15, 0.2) is 195 Å². The average molecular weight is 1170 g/mol. The van der Waals surface area contributed by atoms with Crippen LogP contribution in [-0.2, 0) is 66.9 Å². The summed E-state index contributed by atoms with van der Waals surface area (Å²) in [5, 5.41) is 9.29. The Hall–Kier alpha value is -9.86. The van der Waals surface area contributed by atoms with Gasteiger partial charge in [0.1, 0.15) is 23.6 Å². The maximum Gasteiger partial charge on any atom is 0.268 e. The summed E-state index contributed by atoms with van der Waals surface area (Å²) in [4.78, 5) is 78.9. The van der Waals surface area contributed by atoms with Crippen LogP contribution in [0.3, 0.4) is 0 Å². The number of Topliss-reactive ketones (excluding diaryl/α,β-unsaturated/α-hetero) is 3. The number of carbonyl (C=O) groups excluding carboxylic acids is 4. The molecule has 0 spiro atoms. The van der Waals surface area contributed by atoms with Crippen molar-refractivity contribution in [3.8, 4) is 5.75 Å². The van der Waals surface area contributed by atoms with Gasteiger partial charge in [-0.05, 0) is 89.5 Å². The van der Waals surface area contributed by atoms with E-state index in [0.717, 1.165) is 71.0 Å². The van der Waals surface area contributed by atoms with Crippen LogP contribution in [0.2, 0.25) is 0 Å². The molecule has 0 fully saturated rings. The molecule has 0 aliphatic rings. The Labute approximate surface area is 484 Å². The van der Waals surface area contributed by atoms with Gasteiger partial charge in [-0.15, -0.1) is 0 Å². The average Bonchev–Trinajstić information content (AvgIpc) is 4.32. The molecule has 408 valence electrons. The largest absolute Gasteiger partial charge is 0.491 e. The van der Waals surface area contributed by atoms with Crippen LogP contribution in [0, 0.1) is 0 Å². The number of nitrogens with zero attached hydrogens (tertiary/aromatic N) is 10. The van der Waals surface area contributed by atoms with Crippen molar-refractivity contribution in [1.29, 1.82) is 0 Å². The van der Waals surface area contributed by atoms with Gasteiger partial charge >= 0.3 is 0 Å². The Kier molecular flexibility index (Phi) is 16.7. The molecule has 0 aliphatic heterocycles. The molecule has 0 radical (unpaired) electrons. The minimum absolute atomic E-state index is 0. The monoisotopic (exact) mass is 1170 g/mol. The molecular formula is C65H55N11O5Ru. The number of nitrogens with one attached hydrogen (secondary N) is 1. The van der Waals surface area contributed by atoms with Crippen molar-refractivity contribution in [3.05, 3.63) is 235 Å². The number of fused-ring (bicyclic) bond motifs is 9. The third-order valence-electron chi connectivity index (χ3n) is 14.1. The number of aromatic nitrogens is 10. The second-order valence-electron chi connectivity index (χ2n) is 19.7. The number of ether oxygens (including phenoxy) is 1. The maximum absolute atomic E-state index is 13.4. The molecule has 10 heterocycles. The van der Waals surface area contributed by atoms with Crippen LogP contribution in [0.1, 0.15) is 58.6 Å². The van der Waals surface area contributed by atoms with E-state index in [-0.39, 0.29) is 75.1 Å². The van der Waals surface area contributed by atoms with E-state index in [4.69, 9.17) is 4.74 Å². The van der Waals surface area contributed by atoms with Gasteiger partial charge in [-0.25, -0.2) is 0 Å². The fraction of sp³-hybridized carbons (Fsp3) is 0.138. The Morgan fingerprint density at radius 2 is 0.793 bits per heavy atom. The van der Waals surface area contributed by atoms with E-state index in [9.17, 15) is 19.2 Å². The number of benzene rings is 3. The second-order valence-corrected chi connectivity index (χ2v) is 19.7. The molecule has 0 atom stereocenters. The molecule has 0 aliphatic carbocycles. The molecule has 17 heteroatoms. The molecule has 1 N–H and O–H groups in total.